The molecule has 0 amide bonds. The van der Waals surface area contributed by atoms with Crippen molar-refractivity contribution in [3.63, 3.8) is 0 Å². The normalized spacial score (nSPS) is 34.8. The molecule has 0 N–H and O–H groups in total. The molecule has 1 fully saturated rings. The van der Waals surface area contributed by atoms with E-state index >= 15 is 0 Å². The van der Waals surface area contributed by atoms with Gasteiger partial charge in [0.15, 0.2) is 0 Å². The Hall–Kier alpha value is -0.310. The Balaban J connectivity index is 0.000000671. The van der Waals surface area contributed by atoms with E-state index in [0.717, 1.165) is 0 Å². The van der Waals surface area contributed by atoms with Gasteiger partial charge in [-0.25, -0.2) is 0 Å². The molecule has 13 heavy (non-hydrogen) atoms. The Morgan fingerprint density at radius 2 is 1.54 bits per heavy atom. The predicted octanol–water partition coefficient (Wildman–Crippen LogP) is 1.54. The lowest BCUT2D eigenvalue weighted by Crippen LogP contribution is -2.35. The summed E-state index contributed by atoms with van der Waals surface area (Å²) in [5.41, 5.74) is 0. The first-order chi connectivity index (χ1) is 5.66. The first-order valence-corrected chi connectivity index (χ1v) is 4.29. The van der Waals surface area contributed by atoms with Crippen LogP contribution in [0.3, 0.4) is 0 Å². The summed E-state index contributed by atoms with van der Waals surface area (Å²) in [7, 11) is -5.02. The van der Waals surface area contributed by atoms with Crippen LogP contribution in [0, 0.1) is 0 Å². The van der Waals surface area contributed by atoms with Gasteiger partial charge in [0.1, 0.15) is 0 Å². The molecule has 1 aliphatic rings. The molecular formula is C4H4ClF3O4S. The summed E-state index contributed by atoms with van der Waals surface area (Å²) in [4.78, 5) is 0. The summed E-state index contributed by atoms with van der Waals surface area (Å²) in [6, 6.07) is 0. The fraction of sp³-hybridized carbons (Fsp3) is 0.500. The molecule has 78 valence electrons. The molecule has 0 aromatic carbocycles. The smallest absolute Gasteiger partial charge is 0.184 e. The van der Waals surface area contributed by atoms with E-state index in [4.69, 9.17) is 0 Å². The fourth-order valence-electron chi connectivity index (χ4n) is 0.370. The number of hydrogen-bond acceptors (Lipinski definition) is 4. The second-order valence-electron chi connectivity index (χ2n) is 1.61. The van der Waals surface area contributed by atoms with E-state index in [1.807, 2.05) is 0 Å². The lowest BCUT2D eigenvalue weighted by molar-refractivity contribution is -0.249. The zero-order valence-electron chi connectivity index (χ0n) is 5.97. The topological polar surface area (TPSA) is 52.6 Å². The summed E-state index contributed by atoms with van der Waals surface area (Å²) in [5.74, 6) is 0. The third-order valence-corrected chi connectivity index (χ3v) is 1.99. The van der Waals surface area contributed by atoms with Crippen molar-refractivity contribution in [2.75, 3.05) is 0 Å². The van der Waals surface area contributed by atoms with Gasteiger partial charge in [-0.05, 0) is 11.6 Å². The molecule has 0 aromatic heterocycles. The maximum atomic E-state index is 12.2. The summed E-state index contributed by atoms with van der Waals surface area (Å²) in [5, 5.41) is -4.15. The van der Waals surface area contributed by atoms with Crippen molar-refractivity contribution in [2.45, 2.75) is 11.4 Å². The predicted molar refractivity (Wildman–Crippen MR) is 37.0 cm³/mol. The van der Waals surface area contributed by atoms with Gasteiger partial charge in [0.25, 0.3) is 0 Å². The van der Waals surface area contributed by atoms with Crippen molar-refractivity contribution in [1.82, 2.24) is 0 Å². The van der Waals surface area contributed by atoms with E-state index in [9.17, 15) is 21.6 Å². The summed E-state index contributed by atoms with van der Waals surface area (Å²) in [6.45, 7) is 6.00. The second-order valence-corrected chi connectivity index (χ2v) is 3.24. The van der Waals surface area contributed by atoms with E-state index in [0.29, 0.717) is 0 Å². The first kappa shape index (κ1) is 12.7. The first-order valence-electron chi connectivity index (χ1n) is 2.58. The quantitative estimate of drug-likeness (QED) is 0.476. The highest BCUT2D eigenvalue weighted by atomic mass is 35.5. The highest BCUT2D eigenvalue weighted by Gasteiger charge is 2.69. The number of rotatable bonds is 0. The third-order valence-electron chi connectivity index (χ3n) is 0.752. The van der Waals surface area contributed by atoms with Crippen molar-refractivity contribution in [1.29, 1.82) is 0 Å². The SMILES string of the molecule is C=C.O=S1(=O)OC(F)(F)C(F)(Cl)O1. The van der Waals surface area contributed by atoms with E-state index in [1.54, 1.807) is 0 Å². The third kappa shape index (κ3) is 2.56. The number of alkyl halides is 4. The molecule has 1 aliphatic heterocycles. The zero-order valence-corrected chi connectivity index (χ0v) is 7.54. The molecule has 0 aliphatic carbocycles. The molecule has 0 bridgehead atoms. The molecule has 1 heterocycles. The van der Waals surface area contributed by atoms with Crippen molar-refractivity contribution in [2.24, 2.45) is 0 Å². The largest absolute Gasteiger partial charge is 0.447 e. The van der Waals surface area contributed by atoms with Crippen molar-refractivity contribution in [3.8, 4) is 0 Å². The summed E-state index contributed by atoms with van der Waals surface area (Å²) in [6.07, 6.45) is -4.69. The highest BCUT2D eigenvalue weighted by Crippen LogP contribution is 2.46. The average molecular weight is 241 g/mol. The van der Waals surface area contributed by atoms with Crippen molar-refractivity contribution < 1.29 is 30.0 Å². The van der Waals surface area contributed by atoms with Crippen LogP contribution in [0.4, 0.5) is 13.2 Å². The molecule has 1 unspecified atom stereocenters. The van der Waals surface area contributed by atoms with Crippen molar-refractivity contribution in [3.05, 3.63) is 13.2 Å². The molecule has 0 aromatic rings. The monoisotopic (exact) mass is 240 g/mol. The van der Waals surface area contributed by atoms with Crippen molar-refractivity contribution >= 4 is 22.0 Å². The van der Waals surface area contributed by atoms with Crippen LogP contribution in [0.1, 0.15) is 0 Å². The Morgan fingerprint density at radius 1 is 1.15 bits per heavy atom. The zero-order chi connectivity index (χ0) is 10.9. The molecule has 0 radical (unpaired) electrons. The molecule has 1 rings (SSSR count). The second kappa shape index (κ2) is 3.45. The van der Waals surface area contributed by atoms with Gasteiger partial charge in [-0.2, -0.15) is 30.0 Å². The Bertz CT molecular complexity index is 266. The van der Waals surface area contributed by atoms with Crippen LogP contribution < -0.4 is 0 Å². The molecule has 0 saturated carbocycles. The van der Waals surface area contributed by atoms with Gasteiger partial charge in [-0.3, -0.25) is 0 Å². The van der Waals surface area contributed by atoms with Gasteiger partial charge in [0, 0.05) is 0 Å². The lowest BCUT2D eigenvalue weighted by Gasteiger charge is -2.11. The number of halogens is 4. The standard InChI is InChI=1S/C2ClF3O4S.C2H4/c3-1(4)2(5,6)10-11(7,8)9-1;1-2/h;1-2H2. The lowest BCUT2D eigenvalue weighted by atomic mass is 10.6. The van der Waals surface area contributed by atoms with E-state index in [2.05, 4.69) is 33.1 Å². The molecule has 0 spiro atoms. The van der Waals surface area contributed by atoms with Crippen LogP contribution in [-0.2, 0) is 18.8 Å². The van der Waals surface area contributed by atoms with Crippen LogP contribution in [-0.4, -0.2) is 19.8 Å². The molecule has 1 atom stereocenters. The fourth-order valence-corrected chi connectivity index (χ4v) is 1.44. The molecule has 9 heteroatoms. The molecule has 4 nitrogen and oxygen atoms in total. The Morgan fingerprint density at radius 3 is 1.62 bits per heavy atom. The highest BCUT2D eigenvalue weighted by molar-refractivity contribution is 7.82. The Kier molecular flexibility index (Phi) is 3.36. The van der Waals surface area contributed by atoms with E-state index in [-0.39, 0.29) is 0 Å². The number of hydrogen-bond donors (Lipinski definition) is 0. The summed E-state index contributed by atoms with van der Waals surface area (Å²) < 4.78 is 62.1. The van der Waals surface area contributed by atoms with Gasteiger partial charge in [0.2, 0.25) is 0 Å². The van der Waals surface area contributed by atoms with Crippen LogP contribution in [0.5, 0.6) is 0 Å². The van der Waals surface area contributed by atoms with E-state index in [1.165, 1.54) is 0 Å². The van der Waals surface area contributed by atoms with Crippen LogP contribution >= 0.6 is 11.6 Å². The maximum Gasteiger partial charge on any atom is 0.447 e. The molecular weight excluding hydrogens is 237 g/mol. The van der Waals surface area contributed by atoms with Crippen LogP contribution in [0.15, 0.2) is 13.2 Å². The van der Waals surface area contributed by atoms with Gasteiger partial charge in [-0.15, -0.1) is 13.2 Å². The Labute approximate surface area is 77.2 Å². The minimum atomic E-state index is -5.02. The van der Waals surface area contributed by atoms with Gasteiger partial charge in [-0.1, -0.05) is 0 Å². The maximum absolute atomic E-state index is 12.2. The minimum Gasteiger partial charge on any atom is -0.184 e. The summed E-state index contributed by atoms with van der Waals surface area (Å²) >= 11 is 4.30. The molecule has 1 saturated heterocycles. The minimum absolute atomic E-state index is 2.86. The van der Waals surface area contributed by atoms with Gasteiger partial charge in [0.05, 0.1) is 0 Å². The van der Waals surface area contributed by atoms with Gasteiger partial charge < -0.3 is 0 Å². The van der Waals surface area contributed by atoms with Gasteiger partial charge >= 0.3 is 21.8 Å². The van der Waals surface area contributed by atoms with E-state index < -0.39 is 21.8 Å². The van der Waals surface area contributed by atoms with Crippen LogP contribution in [0.25, 0.3) is 0 Å². The average Bonchev–Trinajstić information content (AvgIpc) is 1.99. The van der Waals surface area contributed by atoms with Crippen LogP contribution in [0.2, 0.25) is 0 Å².